The highest BCUT2D eigenvalue weighted by Crippen LogP contribution is 2.25. The molecule has 124 valence electrons. The molecule has 6 heteroatoms. The van der Waals surface area contributed by atoms with Crippen LogP contribution < -0.4 is 0 Å². The summed E-state index contributed by atoms with van der Waals surface area (Å²) < 4.78 is 13.2. The van der Waals surface area contributed by atoms with Crippen LogP contribution in [0.25, 0.3) is 0 Å². The smallest absolute Gasteiger partial charge is 0.0947 e. The van der Waals surface area contributed by atoms with Crippen LogP contribution in [0.2, 0.25) is 0 Å². The van der Waals surface area contributed by atoms with Crippen LogP contribution in [0.3, 0.4) is 0 Å². The van der Waals surface area contributed by atoms with E-state index in [1.165, 1.54) is 11.1 Å². The zero-order valence-electron chi connectivity index (χ0n) is 13.6. The van der Waals surface area contributed by atoms with Crippen molar-refractivity contribution in [3.05, 3.63) is 42.1 Å². The van der Waals surface area contributed by atoms with Gasteiger partial charge in [-0.1, -0.05) is 0 Å². The molecule has 0 bridgehead atoms. The zero-order chi connectivity index (χ0) is 15.6. The fourth-order valence-electron chi connectivity index (χ4n) is 3.77. The van der Waals surface area contributed by atoms with E-state index in [0.29, 0.717) is 12.0 Å². The summed E-state index contributed by atoms with van der Waals surface area (Å²) in [7, 11) is 1.97. The number of ether oxygens (including phenoxy) is 1. The van der Waals surface area contributed by atoms with Crippen molar-refractivity contribution >= 4 is 0 Å². The molecule has 0 spiro atoms. The summed E-state index contributed by atoms with van der Waals surface area (Å²) in [6.45, 7) is 6.96. The maximum absolute atomic E-state index is 6.12. The Morgan fingerprint density at radius 1 is 1.17 bits per heavy atom. The summed E-state index contributed by atoms with van der Waals surface area (Å²) in [6, 6.07) is 2.05. The summed E-state index contributed by atoms with van der Waals surface area (Å²) in [5, 5.41) is 4.27. The third-order valence-corrected chi connectivity index (χ3v) is 4.84. The predicted molar refractivity (Wildman–Crippen MR) is 85.7 cm³/mol. The van der Waals surface area contributed by atoms with Gasteiger partial charge in [0, 0.05) is 69.6 Å². The molecule has 6 nitrogen and oxygen atoms in total. The van der Waals surface area contributed by atoms with Gasteiger partial charge in [-0.3, -0.25) is 14.5 Å². The Kier molecular flexibility index (Phi) is 4.20. The second-order valence-corrected chi connectivity index (χ2v) is 6.75. The van der Waals surface area contributed by atoms with E-state index in [9.17, 15) is 0 Å². The lowest BCUT2D eigenvalue weighted by molar-refractivity contribution is 0.0510. The van der Waals surface area contributed by atoms with Crippen LogP contribution in [-0.2, 0) is 24.9 Å². The Balaban J connectivity index is 1.36. The minimum absolute atomic E-state index is 0.362. The molecule has 4 rings (SSSR count). The molecule has 2 aromatic rings. The van der Waals surface area contributed by atoms with Crippen LogP contribution in [0, 0.1) is 5.92 Å². The first kappa shape index (κ1) is 14.9. The monoisotopic (exact) mass is 316 g/mol. The van der Waals surface area contributed by atoms with Crippen molar-refractivity contribution in [2.75, 3.05) is 32.8 Å². The van der Waals surface area contributed by atoms with Gasteiger partial charge in [-0.05, 0) is 6.07 Å². The van der Waals surface area contributed by atoms with Crippen LogP contribution in [-0.4, -0.2) is 58.5 Å². The highest BCUT2D eigenvalue weighted by molar-refractivity contribution is 5.07. The Morgan fingerprint density at radius 2 is 2.04 bits per heavy atom. The average molecular weight is 316 g/mol. The molecule has 0 radical (unpaired) electrons. The highest BCUT2D eigenvalue weighted by atomic mass is 16.5. The minimum Gasteiger partial charge on any atom is -0.472 e. The van der Waals surface area contributed by atoms with Gasteiger partial charge in [-0.15, -0.1) is 0 Å². The van der Waals surface area contributed by atoms with Crippen LogP contribution in [0.4, 0.5) is 0 Å². The van der Waals surface area contributed by atoms with Gasteiger partial charge in [-0.2, -0.15) is 5.10 Å². The molecule has 2 fully saturated rings. The van der Waals surface area contributed by atoms with Crippen molar-refractivity contribution in [2.45, 2.75) is 19.2 Å². The molecule has 2 saturated heterocycles. The van der Waals surface area contributed by atoms with Crippen LogP contribution in [0.15, 0.2) is 35.4 Å². The second-order valence-electron chi connectivity index (χ2n) is 6.75. The zero-order valence-corrected chi connectivity index (χ0v) is 13.6. The topological polar surface area (TPSA) is 46.7 Å². The van der Waals surface area contributed by atoms with Gasteiger partial charge >= 0.3 is 0 Å². The van der Waals surface area contributed by atoms with Gasteiger partial charge in [0.25, 0.3) is 0 Å². The van der Waals surface area contributed by atoms with Crippen LogP contribution in [0.5, 0.6) is 0 Å². The number of nitrogens with zero attached hydrogens (tertiary/aromatic N) is 4. The van der Waals surface area contributed by atoms with Crippen molar-refractivity contribution < 1.29 is 9.15 Å². The van der Waals surface area contributed by atoms with Crippen LogP contribution in [0.1, 0.15) is 11.1 Å². The predicted octanol–water partition coefficient (Wildman–Crippen LogP) is 1.35. The Morgan fingerprint density at radius 3 is 2.83 bits per heavy atom. The molecule has 2 aromatic heterocycles. The molecular weight excluding hydrogens is 292 g/mol. The van der Waals surface area contributed by atoms with E-state index in [1.54, 1.807) is 6.26 Å². The molecular formula is C17H24N4O2. The van der Waals surface area contributed by atoms with E-state index in [2.05, 4.69) is 21.1 Å². The van der Waals surface area contributed by atoms with E-state index in [0.717, 1.165) is 45.9 Å². The molecule has 0 N–H and O–H groups in total. The number of aromatic nitrogens is 2. The molecule has 0 aliphatic carbocycles. The number of rotatable bonds is 4. The van der Waals surface area contributed by atoms with Crippen molar-refractivity contribution in [1.29, 1.82) is 0 Å². The average Bonchev–Trinajstić information content (AvgIpc) is 3.22. The number of aryl methyl sites for hydroxylation is 1. The van der Waals surface area contributed by atoms with Gasteiger partial charge in [0.1, 0.15) is 0 Å². The quantitative estimate of drug-likeness (QED) is 0.852. The summed E-state index contributed by atoms with van der Waals surface area (Å²) in [5.41, 5.74) is 2.52. The first-order chi connectivity index (χ1) is 11.3. The number of hydrogen-bond acceptors (Lipinski definition) is 5. The van der Waals surface area contributed by atoms with Crippen molar-refractivity contribution in [2.24, 2.45) is 13.0 Å². The maximum Gasteiger partial charge on any atom is 0.0947 e. The van der Waals surface area contributed by atoms with Crippen molar-refractivity contribution in [3.8, 4) is 0 Å². The Bertz CT molecular complexity index is 624. The SMILES string of the molecule is Cn1cc(CN2CCO[C@@H]3CN(Cc4ccoc4)C[C@@H]3C2)cn1. The number of likely N-dealkylation sites (tertiary alicyclic amines) is 1. The molecule has 2 aliphatic rings. The van der Waals surface area contributed by atoms with E-state index < -0.39 is 0 Å². The molecule has 0 saturated carbocycles. The second kappa shape index (κ2) is 6.47. The molecule has 0 aromatic carbocycles. The first-order valence-electron chi connectivity index (χ1n) is 8.31. The van der Waals surface area contributed by atoms with E-state index in [-0.39, 0.29) is 0 Å². The Hall–Kier alpha value is -1.63. The third-order valence-electron chi connectivity index (χ3n) is 4.84. The maximum atomic E-state index is 6.12. The number of furan rings is 1. The highest BCUT2D eigenvalue weighted by Gasteiger charge is 2.36. The normalized spacial score (nSPS) is 26.3. The minimum atomic E-state index is 0.362. The van der Waals surface area contributed by atoms with Gasteiger partial charge in [0.2, 0.25) is 0 Å². The van der Waals surface area contributed by atoms with Gasteiger partial charge in [0.15, 0.2) is 0 Å². The van der Waals surface area contributed by atoms with Crippen LogP contribution >= 0.6 is 0 Å². The van der Waals surface area contributed by atoms with Crippen molar-refractivity contribution in [3.63, 3.8) is 0 Å². The van der Waals surface area contributed by atoms with Gasteiger partial charge in [-0.25, -0.2) is 0 Å². The molecule has 23 heavy (non-hydrogen) atoms. The third kappa shape index (κ3) is 3.49. The fourth-order valence-corrected chi connectivity index (χ4v) is 3.77. The van der Waals surface area contributed by atoms with Gasteiger partial charge < -0.3 is 9.15 Å². The summed E-state index contributed by atoms with van der Waals surface area (Å²) in [5.74, 6) is 0.584. The molecule has 4 heterocycles. The lowest BCUT2D eigenvalue weighted by Gasteiger charge is -2.22. The Labute approximate surface area is 136 Å². The molecule has 2 aliphatic heterocycles. The molecule has 0 unspecified atom stereocenters. The summed E-state index contributed by atoms with van der Waals surface area (Å²) in [6.07, 6.45) is 8.01. The van der Waals surface area contributed by atoms with E-state index in [4.69, 9.17) is 9.15 Å². The molecule has 2 atom stereocenters. The summed E-state index contributed by atoms with van der Waals surface area (Å²) >= 11 is 0. The van der Waals surface area contributed by atoms with Crippen molar-refractivity contribution in [1.82, 2.24) is 19.6 Å². The largest absolute Gasteiger partial charge is 0.472 e. The lowest BCUT2D eigenvalue weighted by atomic mass is 10.1. The summed E-state index contributed by atoms with van der Waals surface area (Å²) in [4.78, 5) is 4.98. The number of fused-ring (bicyclic) bond motifs is 1. The van der Waals surface area contributed by atoms with E-state index in [1.807, 2.05) is 30.3 Å². The standard InChI is InChI=1S/C17H24N4O2/c1-19-7-15(6-18-19)9-20-3-5-23-17-12-21(11-16(17)10-20)8-14-2-4-22-13-14/h2,4,6-7,13,16-17H,3,5,8-12H2,1H3/t16-,17+/m0/s1. The lowest BCUT2D eigenvalue weighted by Crippen LogP contribution is -2.32. The molecule has 0 amide bonds. The first-order valence-corrected chi connectivity index (χ1v) is 8.31. The number of hydrogen-bond donors (Lipinski definition) is 0. The van der Waals surface area contributed by atoms with Gasteiger partial charge in [0.05, 0.1) is 31.4 Å². The van der Waals surface area contributed by atoms with E-state index >= 15 is 0 Å². The fraction of sp³-hybridized carbons (Fsp3) is 0.588.